The molecule has 0 amide bonds. The Balaban J connectivity index is 1.32. The van der Waals surface area contributed by atoms with Crippen LogP contribution in [0.4, 0.5) is 17.1 Å². The lowest BCUT2D eigenvalue weighted by Gasteiger charge is -2.25. The van der Waals surface area contributed by atoms with Gasteiger partial charge in [-0.3, -0.25) is 0 Å². The molecular weight excluding hydrogens is 535 g/mol. The number of anilines is 3. The lowest BCUT2D eigenvalue weighted by Crippen LogP contribution is -2.09. The molecule has 0 bridgehead atoms. The van der Waals surface area contributed by atoms with Crippen LogP contribution in [-0.2, 0) is 12.8 Å². The summed E-state index contributed by atoms with van der Waals surface area (Å²) >= 11 is 3.89. The molecule has 1 nitrogen and oxygen atoms in total. The highest BCUT2D eigenvalue weighted by atomic mass is 32.1. The molecule has 0 fully saturated rings. The summed E-state index contributed by atoms with van der Waals surface area (Å²) in [5, 5.41) is 0. The van der Waals surface area contributed by atoms with Gasteiger partial charge in [0.15, 0.2) is 0 Å². The zero-order valence-electron chi connectivity index (χ0n) is 24.6. The highest BCUT2D eigenvalue weighted by molar-refractivity contribution is 7.15. The molecule has 5 rings (SSSR count). The summed E-state index contributed by atoms with van der Waals surface area (Å²) in [7, 11) is 0. The second-order valence-electron chi connectivity index (χ2n) is 10.9. The molecular formula is C38H43NS2. The van der Waals surface area contributed by atoms with E-state index in [9.17, 15) is 0 Å². The Morgan fingerprint density at radius 1 is 0.439 bits per heavy atom. The summed E-state index contributed by atoms with van der Waals surface area (Å²) in [6.45, 7) is 4.55. The molecule has 0 N–H and O–H groups in total. The van der Waals surface area contributed by atoms with E-state index in [1.54, 1.807) is 0 Å². The first kappa shape index (κ1) is 29.4. The molecule has 0 radical (unpaired) electrons. The molecule has 0 aliphatic carbocycles. The first-order chi connectivity index (χ1) is 20.2. The molecule has 0 unspecified atom stereocenters. The maximum Gasteiger partial charge on any atom is 0.0462 e. The van der Waals surface area contributed by atoms with Gasteiger partial charge in [-0.1, -0.05) is 94.8 Å². The fourth-order valence-corrected chi connectivity index (χ4v) is 7.47. The Kier molecular flexibility index (Phi) is 10.9. The first-order valence-electron chi connectivity index (χ1n) is 15.5. The van der Waals surface area contributed by atoms with Crippen molar-refractivity contribution in [2.45, 2.75) is 78.1 Å². The van der Waals surface area contributed by atoms with E-state index in [0.717, 1.165) is 0 Å². The predicted octanol–water partition coefficient (Wildman–Crippen LogP) is 12.9. The van der Waals surface area contributed by atoms with Crippen molar-refractivity contribution in [1.82, 2.24) is 0 Å². The first-order valence-corrected chi connectivity index (χ1v) is 17.1. The minimum absolute atomic E-state index is 1.17. The van der Waals surface area contributed by atoms with Gasteiger partial charge in [-0.2, -0.15) is 0 Å². The summed E-state index contributed by atoms with van der Waals surface area (Å²) in [5.74, 6) is 0. The Bertz CT molecular complexity index is 1350. The van der Waals surface area contributed by atoms with Crippen molar-refractivity contribution in [3.8, 4) is 20.9 Å². The molecule has 0 saturated carbocycles. The number of nitrogens with zero attached hydrogens (tertiary/aromatic N) is 1. The third kappa shape index (κ3) is 7.99. The maximum absolute atomic E-state index is 2.36. The van der Waals surface area contributed by atoms with E-state index in [1.165, 1.54) is 112 Å². The third-order valence-corrected chi connectivity index (χ3v) is 10.1. The molecule has 41 heavy (non-hydrogen) atoms. The van der Waals surface area contributed by atoms with Gasteiger partial charge in [-0.25, -0.2) is 0 Å². The summed E-state index contributed by atoms with van der Waals surface area (Å²) in [4.78, 5) is 8.08. The number of thiophene rings is 2. The van der Waals surface area contributed by atoms with Crippen LogP contribution in [0.3, 0.4) is 0 Å². The van der Waals surface area contributed by atoms with Crippen molar-refractivity contribution in [2.24, 2.45) is 0 Å². The Hall–Kier alpha value is -3.14. The normalized spacial score (nSPS) is 11.2. The molecule has 0 saturated heterocycles. The highest BCUT2D eigenvalue weighted by Gasteiger charge is 2.14. The van der Waals surface area contributed by atoms with Gasteiger partial charge in [0.05, 0.1) is 0 Å². The van der Waals surface area contributed by atoms with E-state index in [-0.39, 0.29) is 0 Å². The average Bonchev–Trinajstić information content (AvgIpc) is 3.69. The Morgan fingerprint density at radius 3 is 1.32 bits per heavy atom. The van der Waals surface area contributed by atoms with Crippen LogP contribution in [0.5, 0.6) is 0 Å². The van der Waals surface area contributed by atoms with Crippen LogP contribution in [0.2, 0.25) is 0 Å². The van der Waals surface area contributed by atoms with Gasteiger partial charge < -0.3 is 4.90 Å². The van der Waals surface area contributed by atoms with Gasteiger partial charge in [0, 0.05) is 36.6 Å². The average molecular weight is 578 g/mol. The zero-order valence-corrected chi connectivity index (χ0v) is 26.3. The monoisotopic (exact) mass is 577 g/mol. The van der Waals surface area contributed by atoms with Crippen LogP contribution in [-0.4, -0.2) is 0 Å². The quantitative estimate of drug-likeness (QED) is 0.112. The van der Waals surface area contributed by atoms with Crippen molar-refractivity contribution in [3.05, 3.63) is 113 Å². The number of hydrogen-bond acceptors (Lipinski definition) is 3. The van der Waals surface area contributed by atoms with Gasteiger partial charge in [0.25, 0.3) is 0 Å². The Labute approximate surface area is 255 Å². The smallest absolute Gasteiger partial charge is 0.0462 e. The van der Waals surface area contributed by atoms with Crippen molar-refractivity contribution >= 4 is 39.7 Å². The summed E-state index contributed by atoms with van der Waals surface area (Å²) in [6, 6.07) is 38.1. The Morgan fingerprint density at radius 2 is 0.878 bits per heavy atom. The number of para-hydroxylation sites is 1. The van der Waals surface area contributed by atoms with E-state index in [1.807, 2.05) is 22.7 Å². The summed E-state index contributed by atoms with van der Waals surface area (Å²) < 4.78 is 0. The van der Waals surface area contributed by atoms with E-state index < -0.39 is 0 Å². The van der Waals surface area contributed by atoms with Gasteiger partial charge in [-0.05, 0) is 97.5 Å². The molecule has 5 aromatic rings. The molecule has 2 heterocycles. The minimum Gasteiger partial charge on any atom is -0.311 e. The molecule has 3 aromatic carbocycles. The standard InChI is InChI=1S/C38H43NS2/c1-3-5-7-12-16-35-26-28-37(40-35)30-18-22-33(23-19-30)39(32-14-10-9-11-15-32)34-24-20-31(21-25-34)38-29-27-36(41-38)17-13-8-6-4-2/h9-11,14-15,18-29H,3-8,12-13,16-17H2,1-2H3. The number of benzene rings is 3. The van der Waals surface area contributed by atoms with E-state index in [4.69, 9.17) is 0 Å². The number of rotatable bonds is 15. The fourth-order valence-electron chi connectivity index (χ4n) is 5.36. The summed E-state index contributed by atoms with van der Waals surface area (Å²) in [5.41, 5.74) is 6.11. The van der Waals surface area contributed by atoms with Gasteiger partial charge in [-0.15, -0.1) is 22.7 Å². The number of hydrogen-bond donors (Lipinski definition) is 0. The van der Waals surface area contributed by atoms with Crippen molar-refractivity contribution in [3.63, 3.8) is 0 Å². The topological polar surface area (TPSA) is 3.24 Å². The van der Waals surface area contributed by atoms with Crippen LogP contribution in [0.1, 0.15) is 75.0 Å². The van der Waals surface area contributed by atoms with Gasteiger partial charge in [0.2, 0.25) is 0 Å². The third-order valence-electron chi connectivity index (χ3n) is 7.71. The van der Waals surface area contributed by atoms with Crippen molar-refractivity contribution in [1.29, 1.82) is 0 Å². The molecule has 0 spiro atoms. The van der Waals surface area contributed by atoms with Crippen LogP contribution in [0.15, 0.2) is 103 Å². The van der Waals surface area contributed by atoms with Gasteiger partial charge in [0.1, 0.15) is 0 Å². The molecule has 2 aromatic heterocycles. The maximum atomic E-state index is 2.36. The van der Waals surface area contributed by atoms with Crippen LogP contribution >= 0.6 is 22.7 Å². The lowest BCUT2D eigenvalue weighted by molar-refractivity contribution is 0.670. The second kappa shape index (κ2) is 15.2. The zero-order chi connectivity index (χ0) is 28.3. The van der Waals surface area contributed by atoms with Crippen LogP contribution in [0, 0.1) is 0 Å². The number of aryl methyl sites for hydroxylation is 2. The molecule has 0 aliphatic rings. The van der Waals surface area contributed by atoms with E-state index in [2.05, 4.69) is 122 Å². The molecule has 212 valence electrons. The minimum atomic E-state index is 1.17. The van der Waals surface area contributed by atoms with E-state index in [0.29, 0.717) is 0 Å². The van der Waals surface area contributed by atoms with Crippen LogP contribution < -0.4 is 4.90 Å². The highest BCUT2D eigenvalue weighted by Crippen LogP contribution is 2.38. The fraction of sp³-hybridized carbons (Fsp3) is 0.316. The van der Waals surface area contributed by atoms with Gasteiger partial charge >= 0.3 is 0 Å². The molecule has 3 heteroatoms. The lowest BCUT2D eigenvalue weighted by atomic mass is 10.1. The number of unbranched alkanes of at least 4 members (excludes halogenated alkanes) is 6. The van der Waals surface area contributed by atoms with Crippen LogP contribution in [0.25, 0.3) is 20.9 Å². The van der Waals surface area contributed by atoms with Crippen molar-refractivity contribution < 1.29 is 0 Å². The molecule has 0 aliphatic heterocycles. The SMILES string of the molecule is CCCCCCc1ccc(-c2ccc(N(c3ccccc3)c3ccc(-c4ccc(CCCCCC)s4)cc3)cc2)s1. The largest absolute Gasteiger partial charge is 0.311 e. The van der Waals surface area contributed by atoms with E-state index >= 15 is 0 Å². The molecule has 0 atom stereocenters. The second-order valence-corrected chi connectivity index (χ2v) is 13.3. The summed E-state index contributed by atoms with van der Waals surface area (Å²) in [6.07, 6.45) is 12.9. The van der Waals surface area contributed by atoms with Crippen molar-refractivity contribution in [2.75, 3.05) is 4.90 Å². The predicted molar refractivity (Wildman–Crippen MR) is 183 cm³/mol.